The first-order chi connectivity index (χ1) is 9.61. The molecule has 1 amide bonds. The summed E-state index contributed by atoms with van der Waals surface area (Å²) in [6.45, 7) is 4.16. The highest BCUT2D eigenvalue weighted by Crippen LogP contribution is 2.17. The van der Waals surface area contributed by atoms with Gasteiger partial charge in [0.1, 0.15) is 5.69 Å². The van der Waals surface area contributed by atoms with Crippen molar-refractivity contribution in [3.8, 4) is 11.5 Å². The van der Waals surface area contributed by atoms with Gasteiger partial charge in [-0.2, -0.15) is 5.10 Å². The Balaban J connectivity index is 1.93. The maximum Gasteiger partial charge on any atom is 0.271 e. The lowest BCUT2D eigenvalue weighted by molar-refractivity contribution is 0.0846. The lowest BCUT2D eigenvalue weighted by Gasteiger charge is -2.17. The molecule has 2 aromatic rings. The standard InChI is InChI=1S/C14H19N3O3/c1-3-9(2)12(18)8-15-14(19)11-7-10(16-17-11)13-5-4-6-20-13/h4-7,9,12,18H,3,8H2,1-2H3,(H,15,19)(H,16,17). The lowest BCUT2D eigenvalue weighted by Crippen LogP contribution is -2.35. The van der Waals surface area contributed by atoms with Crippen LogP contribution in [-0.2, 0) is 0 Å². The summed E-state index contributed by atoms with van der Waals surface area (Å²) < 4.78 is 5.21. The van der Waals surface area contributed by atoms with Crippen molar-refractivity contribution in [1.82, 2.24) is 15.5 Å². The first-order valence-corrected chi connectivity index (χ1v) is 6.67. The van der Waals surface area contributed by atoms with E-state index in [1.54, 1.807) is 24.5 Å². The quantitative estimate of drug-likeness (QED) is 0.751. The first kappa shape index (κ1) is 14.3. The number of nitrogens with one attached hydrogen (secondary N) is 2. The highest BCUT2D eigenvalue weighted by Gasteiger charge is 2.16. The fraction of sp³-hybridized carbons (Fsp3) is 0.429. The molecular formula is C14H19N3O3. The van der Waals surface area contributed by atoms with Crippen LogP contribution in [0.15, 0.2) is 28.9 Å². The van der Waals surface area contributed by atoms with Crippen molar-refractivity contribution in [3.05, 3.63) is 30.2 Å². The predicted molar refractivity (Wildman–Crippen MR) is 74.1 cm³/mol. The van der Waals surface area contributed by atoms with Crippen LogP contribution in [0.5, 0.6) is 0 Å². The fourth-order valence-electron chi connectivity index (χ4n) is 1.76. The van der Waals surface area contributed by atoms with E-state index in [1.807, 2.05) is 13.8 Å². The van der Waals surface area contributed by atoms with Gasteiger partial charge in [0, 0.05) is 12.6 Å². The van der Waals surface area contributed by atoms with Crippen molar-refractivity contribution in [2.75, 3.05) is 6.54 Å². The van der Waals surface area contributed by atoms with Gasteiger partial charge in [-0.25, -0.2) is 0 Å². The number of H-pyrrole nitrogens is 1. The van der Waals surface area contributed by atoms with Crippen LogP contribution in [0.1, 0.15) is 30.8 Å². The number of amides is 1. The zero-order valence-electron chi connectivity index (χ0n) is 11.6. The third kappa shape index (κ3) is 3.27. The van der Waals surface area contributed by atoms with Crippen LogP contribution in [0.3, 0.4) is 0 Å². The number of carbonyl (C=O) groups is 1. The van der Waals surface area contributed by atoms with E-state index < -0.39 is 6.10 Å². The molecule has 2 atom stereocenters. The predicted octanol–water partition coefficient (Wildman–Crippen LogP) is 1.81. The van der Waals surface area contributed by atoms with Crippen molar-refractivity contribution < 1.29 is 14.3 Å². The van der Waals surface area contributed by atoms with Crippen LogP contribution in [-0.4, -0.2) is 33.9 Å². The molecule has 0 aliphatic rings. The Kier molecular flexibility index (Phi) is 4.57. The Morgan fingerprint density at radius 3 is 3.05 bits per heavy atom. The number of aromatic amines is 1. The van der Waals surface area contributed by atoms with Gasteiger partial charge < -0.3 is 14.8 Å². The van der Waals surface area contributed by atoms with Crippen LogP contribution < -0.4 is 5.32 Å². The molecule has 3 N–H and O–H groups in total. The molecule has 108 valence electrons. The van der Waals surface area contributed by atoms with Crippen LogP contribution in [0.4, 0.5) is 0 Å². The molecule has 2 aromatic heterocycles. The summed E-state index contributed by atoms with van der Waals surface area (Å²) in [7, 11) is 0. The molecule has 0 saturated carbocycles. The Bertz CT molecular complexity index is 548. The fourth-order valence-corrected chi connectivity index (χ4v) is 1.76. The van der Waals surface area contributed by atoms with E-state index in [0.29, 0.717) is 11.5 Å². The molecule has 6 heteroatoms. The topological polar surface area (TPSA) is 91.1 Å². The minimum Gasteiger partial charge on any atom is -0.463 e. The van der Waals surface area contributed by atoms with E-state index in [0.717, 1.165) is 6.42 Å². The average molecular weight is 277 g/mol. The Labute approximate surface area is 117 Å². The number of carbonyl (C=O) groups excluding carboxylic acids is 1. The van der Waals surface area contributed by atoms with Gasteiger partial charge in [-0.1, -0.05) is 20.3 Å². The van der Waals surface area contributed by atoms with E-state index in [4.69, 9.17) is 4.42 Å². The van der Waals surface area contributed by atoms with E-state index in [2.05, 4.69) is 15.5 Å². The van der Waals surface area contributed by atoms with E-state index >= 15 is 0 Å². The molecular weight excluding hydrogens is 258 g/mol. The van der Waals surface area contributed by atoms with E-state index in [1.165, 1.54) is 0 Å². The maximum atomic E-state index is 11.9. The van der Waals surface area contributed by atoms with Gasteiger partial charge in [0.15, 0.2) is 11.5 Å². The molecule has 20 heavy (non-hydrogen) atoms. The molecule has 0 radical (unpaired) electrons. The minimum atomic E-state index is -0.549. The SMILES string of the molecule is CCC(C)C(O)CNC(=O)c1cc(-c2ccco2)[nH]n1. The Morgan fingerprint density at radius 2 is 2.40 bits per heavy atom. The molecule has 0 fully saturated rings. The summed E-state index contributed by atoms with van der Waals surface area (Å²) >= 11 is 0. The summed E-state index contributed by atoms with van der Waals surface area (Å²) in [6, 6.07) is 5.16. The number of aromatic nitrogens is 2. The number of aliphatic hydroxyl groups excluding tert-OH is 1. The zero-order valence-corrected chi connectivity index (χ0v) is 11.6. The normalized spacial score (nSPS) is 13.9. The largest absolute Gasteiger partial charge is 0.463 e. The van der Waals surface area contributed by atoms with Crippen molar-refractivity contribution in [2.24, 2.45) is 5.92 Å². The van der Waals surface area contributed by atoms with Gasteiger partial charge in [-0.05, 0) is 18.1 Å². The summed E-state index contributed by atoms with van der Waals surface area (Å²) in [5.74, 6) is 0.450. The monoisotopic (exact) mass is 277 g/mol. The highest BCUT2D eigenvalue weighted by atomic mass is 16.3. The van der Waals surface area contributed by atoms with Crippen LogP contribution in [0.2, 0.25) is 0 Å². The van der Waals surface area contributed by atoms with Gasteiger partial charge in [0.2, 0.25) is 0 Å². The highest BCUT2D eigenvalue weighted by molar-refractivity contribution is 5.93. The maximum absolute atomic E-state index is 11.9. The van der Waals surface area contributed by atoms with Gasteiger partial charge in [0.05, 0.1) is 12.4 Å². The minimum absolute atomic E-state index is 0.146. The van der Waals surface area contributed by atoms with Gasteiger partial charge >= 0.3 is 0 Å². The number of rotatable bonds is 6. The molecule has 0 aliphatic carbocycles. The second-order valence-electron chi connectivity index (χ2n) is 4.81. The van der Waals surface area contributed by atoms with Crippen LogP contribution >= 0.6 is 0 Å². The van der Waals surface area contributed by atoms with Crippen molar-refractivity contribution in [1.29, 1.82) is 0 Å². The molecule has 2 unspecified atom stereocenters. The summed E-state index contributed by atoms with van der Waals surface area (Å²) in [5.41, 5.74) is 0.912. The van der Waals surface area contributed by atoms with Crippen molar-refractivity contribution >= 4 is 5.91 Å². The van der Waals surface area contributed by atoms with Crippen molar-refractivity contribution in [3.63, 3.8) is 0 Å². The van der Waals surface area contributed by atoms with E-state index in [-0.39, 0.29) is 24.1 Å². The smallest absolute Gasteiger partial charge is 0.271 e. The van der Waals surface area contributed by atoms with Crippen LogP contribution in [0.25, 0.3) is 11.5 Å². The molecule has 0 spiro atoms. The summed E-state index contributed by atoms with van der Waals surface area (Å²) in [5, 5.41) is 19.2. The van der Waals surface area contributed by atoms with Gasteiger partial charge in [-0.3, -0.25) is 9.89 Å². The molecule has 2 rings (SSSR count). The zero-order chi connectivity index (χ0) is 14.5. The van der Waals surface area contributed by atoms with Gasteiger partial charge in [0.25, 0.3) is 5.91 Å². The third-order valence-corrected chi connectivity index (χ3v) is 3.37. The number of hydrogen-bond acceptors (Lipinski definition) is 4. The molecule has 0 aromatic carbocycles. The molecule has 0 aliphatic heterocycles. The molecule has 2 heterocycles. The molecule has 0 bridgehead atoms. The average Bonchev–Trinajstić information content (AvgIpc) is 3.12. The second kappa shape index (κ2) is 6.38. The summed E-state index contributed by atoms with van der Waals surface area (Å²) in [6.07, 6.45) is 1.87. The number of aliphatic hydroxyl groups is 1. The number of hydrogen-bond donors (Lipinski definition) is 3. The second-order valence-corrected chi connectivity index (χ2v) is 4.81. The third-order valence-electron chi connectivity index (χ3n) is 3.37. The molecule has 6 nitrogen and oxygen atoms in total. The Morgan fingerprint density at radius 1 is 1.60 bits per heavy atom. The first-order valence-electron chi connectivity index (χ1n) is 6.67. The van der Waals surface area contributed by atoms with Gasteiger partial charge in [-0.15, -0.1) is 0 Å². The lowest BCUT2D eigenvalue weighted by atomic mass is 10.0. The number of furan rings is 1. The van der Waals surface area contributed by atoms with Crippen molar-refractivity contribution in [2.45, 2.75) is 26.4 Å². The number of nitrogens with zero attached hydrogens (tertiary/aromatic N) is 1. The Hall–Kier alpha value is -2.08. The summed E-state index contributed by atoms with van der Waals surface area (Å²) in [4.78, 5) is 11.9. The van der Waals surface area contributed by atoms with Crippen LogP contribution in [0, 0.1) is 5.92 Å². The molecule has 0 saturated heterocycles. The van der Waals surface area contributed by atoms with E-state index in [9.17, 15) is 9.90 Å².